The molecule has 4 rings (SSSR count). The van der Waals surface area contributed by atoms with Gasteiger partial charge in [-0.3, -0.25) is 10.1 Å². The number of alkyl halides is 3. The van der Waals surface area contributed by atoms with Gasteiger partial charge in [-0.15, -0.1) is 0 Å². The van der Waals surface area contributed by atoms with Gasteiger partial charge in [0.2, 0.25) is 0 Å². The van der Waals surface area contributed by atoms with Crippen molar-refractivity contribution in [2.75, 3.05) is 10.6 Å². The molecule has 35 heavy (non-hydrogen) atoms. The van der Waals surface area contributed by atoms with E-state index < -0.39 is 27.7 Å². The van der Waals surface area contributed by atoms with E-state index in [0.717, 1.165) is 12.1 Å². The van der Waals surface area contributed by atoms with Crippen molar-refractivity contribution in [2.45, 2.75) is 6.18 Å². The topological polar surface area (TPSA) is 106 Å². The molecule has 2 amide bonds. The number of pyridine rings is 1. The second kappa shape index (κ2) is 9.47. The maximum absolute atomic E-state index is 13.0. The number of hydrogen-bond acceptors (Lipinski definition) is 5. The minimum absolute atomic E-state index is 0.0853. The number of para-hydroxylation sites is 1. The number of rotatable bonds is 5. The number of nitrogens with zero attached hydrogens (tertiary/aromatic N) is 2. The van der Waals surface area contributed by atoms with Crippen LogP contribution in [-0.2, 0) is 6.18 Å². The normalized spacial score (nSPS) is 11.2. The van der Waals surface area contributed by atoms with Gasteiger partial charge in [0.25, 0.3) is 5.69 Å². The SMILES string of the molecule is O=C(Nc1ccc(Oc2ccnc3c([N+](=O)[O-])cccc23)cc1)Nc1ccc(Cl)c(C(F)(F)F)c1. The van der Waals surface area contributed by atoms with Crippen molar-refractivity contribution >= 4 is 45.6 Å². The Morgan fingerprint density at radius 1 is 1.00 bits per heavy atom. The van der Waals surface area contributed by atoms with Crippen LogP contribution in [0, 0.1) is 10.1 Å². The average Bonchev–Trinajstić information content (AvgIpc) is 2.80. The summed E-state index contributed by atoms with van der Waals surface area (Å²) in [5, 5.41) is 16.0. The first-order valence-corrected chi connectivity index (χ1v) is 10.2. The van der Waals surface area contributed by atoms with E-state index >= 15 is 0 Å². The number of anilines is 2. The lowest BCUT2D eigenvalue weighted by Crippen LogP contribution is -2.19. The smallest absolute Gasteiger partial charge is 0.417 e. The van der Waals surface area contributed by atoms with Gasteiger partial charge in [0, 0.05) is 29.0 Å². The number of halogens is 4. The number of nitro benzene ring substituents is 1. The second-order valence-electron chi connectivity index (χ2n) is 7.14. The molecular weight excluding hydrogens is 489 g/mol. The number of ether oxygens (including phenoxy) is 1. The molecule has 2 N–H and O–H groups in total. The van der Waals surface area contributed by atoms with Gasteiger partial charge >= 0.3 is 12.2 Å². The van der Waals surface area contributed by atoms with Gasteiger partial charge in [-0.05, 0) is 54.6 Å². The molecular formula is C23H14ClF3N4O4. The number of carbonyl (C=O) groups excluding carboxylic acids is 1. The predicted molar refractivity (Wildman–Crippen MR) is 124 cm³/mol. The lowest BCUT2D eigenvalue weighted by atomic mass is 10.2. The summed E-state index contributed by atoms with van der Waals surface area (Å²) in [5.74, 6) is 0.725. The number of benzene rings is 3. The molecule has 0 saturated heterocycles. The Hall–Kier alpha value is -4.38. The van der Waals surface area contributed by atoms with Gasteiger partial charge < -0.3 is 15.4 Å². The van der Waals surface area contributed by atoms with E-state index in [4.69, 9.17) is 16.3 Å². The molecule has 0 saturated carbocycles. The molecule has 0 aliphatic rings. The molecule has 1 heterocycles. The van der Waals surface area contributed by atoms with E-state index in [1.165, 1.54) is 36.5 Å². The summed E-state index contributed by atoms with van der Waals surface area (Å²) in [5.41, 5.74) is -0.775. The molecule has 12 heteroatoms. The van der Waals surface area contributed by atoms with Crippen LogP contribution in [0.4, 0.5) is 35.0 Å². The molecule has 0 radical (unpaired) electrons. The van der Waals surface area contributed by atoms with E-state index in [0.29, 0.717) is 22.6 Å². The number of hydrogen-bond donors (Lipinski definition) is 2. The average molecular weight is 503 g/mol. The van der Waals surface area contributed by atoms with Crippen LogP contribution in [0.1, 0.15) is 5.56 Å². The van der Waals surface area contributed by atoms with E-state index in [1.54, 1.807) is 24.3 Å². The molecule has 0 spiro atoms. The van der Waals surface area contributed by atoms with Crippen molar-refractivity contribution < 1.29 is 27.6 Å². The number of urea groups is 1. The van der Waals surface area contributed by atoms with Gasteiger partial charge in [0.1, 0.15) is 11.5 Å². The molecule has 0 fully saturated rings. The van der Waals surface area contributed by atoms with Crippen molar-refractivity contribution in [1.29, 1.82) is 0 Å². The molecule has 3 aromatic carbocycles. The third kappa shape index (κ3) is 5.41. The highest BCUT2D eigenvalue weighted by molar-refractivity contribution is 6.31. The van der Waals surface area contributed by atoms with Crippen LogP contribution < -0.4 is 15.4 Å². The zero-order valence-corrected chi connectivity index (χ0v) is 18.2. The Morgan fingerprint density at radius 2 is 1.69 bits per heavy atom. The van der Waals surface area contributed by atoms with Crippen LogP contribution in [0.5, 0.6) is 11.5 Å². The van der Waals surface area contributed by atoms with Gasteiger partial charge in [-0.1, -0.05) is 17.7 Å². The van der Waals surface area contributed by atoms with Crippen LogP contribution in [0.25, 0.3) is 10.9 Å². The lowest BCUT2D eigenvalue weighted by Gasteiger charge is -2.13. The summed E-state index contributed by atoms with van der Waals surface area (Å²) in [7, 11) is 0. The zero-order chi connectivity index (χ0) is 25.2. The minimum atomic E-state index is -4.66. The first kappa shape index (κ1) is 23.8. The zero-order valence-electron chi connectivity index (χ0n) is 17.5. The Labute approximate surface area is 200 Å². The summed E-state index contributed by atoms with van der Waals surface area (Å²) < 4.78 is 44.8. The summed E-state index contributed by atoms with van der Waals surface area (Å²) in [6.07, 6.45) is -3.27. The second-order valence-corrected chi connectivity index (χ2v) is 7.54. The fraction of sp³-hybridized carbons (Fsp3) is 0.0435. The van der Waals surface area contributed by atoms with Crippen LogP contribution >= 0.6 is 11.6 Å². The number of fused-ring (bicyclic) bond motifs is 1. The van der Waals surface area contributed by atoms with E-state index in [-0.39, 0.29) is 16.9 Å². The van der Waals surface area contributed by atoms with E-state index in [9.17, 15) is 28.1 Å². The predicted octanol–water partition coefficient (Wildman–Crippen LogP) is 7.25. The molecule has 0 atom stereocenters. The van der Waals surface area contributed by atoms with Crippen LogP contribution in [0.2, 0.25) is 5.02 Å². The Morgan fingerprint density at radius 3 is 2.37 bits per heavy atom. The quantitative estimate of drug-likeness (QED) is 0.221. The number of aromatic nitrogens is 1. The summed E-state index contributed by atoms with van der Waals surface area (Å²) >= 11 is 5.58. The Balaban J connectivity index is 1.45. The molecule has 0 aliphatic heterocycles. The van der Waals surface area contributed by atoms with Crippen molar-refractivity contribution in [1.82, 2.24) is 4.98 Å². The van der Waals surface area contributed by atoms with Crippen LogP contribution in [0.15, 0.2) is 72.9 Å². The van der Waals surface area contributed by atoms with Crippen molar-refractivity contribution in [3.63, 3.8) is 0 Å². The van der Waals surface area contributed by atoms with Crippen molar-refractivity contribution in [3.8, 4) is 11.5 Å². The number of amides is 2. The fourth-order valence-electron chi connectivity index (χ4n) is 3.22. The Bertz CT molecular complexity index is 1430. The molecule has 0 bridgehead atoms. The molecule has 0 aliphatic carbocycles. The van der Waals surface area contributed by atoms with Crippen molar-refractivity contribution in [2.24, 2.45) is 0 Å². The van der Waals surface area contributed by atoms with E-state index in [1.807, 2.05) is 0 Å². The molecule has 4 aromatic rings. The maximum Gasteiger partial charge on any atom is 0.417 e. The molecule has 178 valence electrons. The number of nitro groups is 1. The third-order valence-corrected chi connectivity index (χ3v) is 5.11. The molecule has 8 nitrogen and oxygen atoms in total. The summed E-state index contributed by atoms with van der Waals surface area (Å²) in [6.45, 7) is 0. The minimum Gasteiger partial charge on any atom is -0.457 e. The number of carbonyl (C=O) groups is 1. The number of non-ortho nitro benzene ring substituents is 1. The van der Waals surface area contributed by atoms with Gasteiger partial charge in [0.05, 0.1) is 15.5 Å². The van der Waals surface area contributed by atoms with Crippen LogP contribution in [0.3, 0.4) is 0 Å². The van der Waals surface area contributed by atoms with E-state index in [2.05, 4.69) is 15.6 Å². The first-order chi connectivity index (χ1) is 16.6. The molecule has 0 unspecified atom stereocenters. The Kier molecular flexibility index (Phi) is 6.43. The largest absolute Gasteiger partial charge is 0.457 e. The number of nitrogens with one attached hydrogen (secondary N) is 2. The fourth-order valence-corrected chi connectivity index (χ4v) is 3.44. The summed E-state index contributed by atoms with van der Waals surface area (Å²) in [4.78, 5) is 27.0. The highest BCUT2D eigenvalue weighted by atomic mass is 35.5. The van der Waals surface area contributed by atoms with Gasteiger partial charge in [-0.25, -0.2) is 9.78 Å². The van der Waals surface area contributed by atoms with Crippen LogP contribution in [-0.4, -0.2) is 15.9 Å². The molecule has 1 aromatic heterocycles. The summed E-state index contributed by atoms with van der Waals surface area (Å²) in [6, 6.07) is 14.5. The third-order valence-electron chi connectivity index (χ3n) is 4.78. The monoisotopic (exact) mass is 502 g/mol. The van der Waals surface area contributed by atoms with Gasteiger partial charge in [-0.2, -0.15) is 13.2 Å². The standard InChI is InChI=1S/C23H14ClF3N4O4/c24-18-9-6-14(12-17(18)23(25,26)27)30-22(32)29-13-4-7-15(8-5-13)35-20-10-11-28-21-16(20)2-1-3-19(21)31(33)34/h1-12H,(H2,29,30,32). The first-order valence-electron chi connectivity index (χ1n) is 9.86. The van der Waals surface area contributed by atoms with Crippen molar-refractivity contribution in [3.05, 3.63) is 93.6 Å². The maximum atomic E-state index is 13.0. The highest BCUT2D eigenvalue weighted by Gasteiger charge is 2.33. The highest BCUT2D eigenvalue weighted by Crippen LogP contribution is 2.36. The lowest BCUT2D eigenvalue weighted by molar-refractivity contribution is -0.383. The van der Waals surface area contributed by atoms with Gasteiger partial charge in [0.15, 0.2) is 5.52 Å².